The molecule has 9 nitrogen and oxygen atoms in total. The average molecular weight is 608 g/mol. The Balaban J connectivity index is 1.70. The second-order valence-corrected chi connectivity index (χ2v) is 14.7. The van der Waals surface area contributed by atoms with Crippen molar-refractivity contribution in [2.75, 3.05) is 0 Å². The van der Waals surface area contributed by atoms with E-state index in [2.05, 4.69) is 18.4 Å². The largest absolute Gasteiger partial charge is 0.506 e. The molecule has 44 heavy (non-hydrogen) atoms. The number of carbonyl (C=O) groups excluding carboxylic acids is 3. The normalized spacial score (nSPS) is 37.7. The number of nitrogens with two attached hydrogens (primary N) is 1. The van der Waals surface area contributed by atoms with Gasteiger partial charge in [-0.1, -0.05) is 58.1 Å². The molecule has 4 aliphatic carbocycles. The van der Waals surface area contributed by atoms with Crippen LogP contribution in [0.25, 0.3) is 0 Å². The van der Waals surface area contributed by atoms with Gasteiger partial charge in [0, 0.05) is 11.3 Å². The minimum absolute atomic E-state index is 0.0175. The van der Waals surface area contributed by atoms with Gasteiger partial charge in [-0.3, -0.25) is 14.4 Å². The van der Waals surface area contributed by atoms with Crippen LogP contribution in [0.15, 0.2) is 18.2 Å². The van der Waals surface area contributed by atoms with Crippen molar-refractivity contribution in [2.45, 2.75) is 109 Å². The van der Waals surface area contributed by atoms with Gasteiger partial charge in [-0.15, -0.1) is 0 Å². The summed E-state index contributed by atoms with van der Waals surface area (Å²) >= 11 is 0. The number of aliphatic hydroxyl groups is 4. The second kappa shape index (κ2) is 10.5. The fourth-order valence-corrected chi connectivity index (χ4v) is 9.35. The number of primary amides is 1. The molecule has 4 aliphatic rings. The van der Waals surface area contributed by atoms with Crippen LogP contribution in [0.1, 0.15) is 106 Å². The van der Waals surface area contributed by atoms with Gasteiger partial charge in [0.25, 0.3) is 0 Å². The second-order valence-electron chi connectivity index (χ2n) is 14.7. The summed E-state index contributed by atoms with van der Waals surface area (Å²) in [7, 11) is 0. The van der Waals surface area contributed by atoms with E-state index >= 15 is 0 Å². The van der Waals surface area contributed by atoms with E-state index in [1.807, 2.05) is 20.8 Å². The maximum atomic E-state index is 14.5. The van der Waals surface area contributed by atoms with Crippen molar-refractivity contribution >= 4 is 17.5 Å². The molecule has 0 heterocycles. The Labute approximate surface area is 258 Å². The molecule has 8 atom stereocenters. The number of hydrogen-bond acceptors (Lipinski definition) is 8. The third-order valence-electron chi connectivity index (χ3n) is 11.3. The number of benzene rings is 1. The van der Waals surface area contributed by atoms with Crippen LogP contribution in [-0.2, 0) is 16.0 Å². The van der Waals surface area contributed by atoms with Gasteiger partial charge < -0.3 is 31.3 Å². The molecule has 1 aromatic rings. The number of hydrogen-bond donors (Lipinski definition) is 6. The lowest BCUT2D eigenvalue weighted by Crippen LogP contribution is -2.78. The summed E-state index contributed by atoms with van der Waals surface area (Å²) in [6.45, 7) is 12.9. The number of Topliss-reactive ketones (excluding diaryl/α,β-unsaturated/α-hetero) is 2. The number of fused-ring (bicyclic) bond motifs is 3. The molecule has 238 valence electrons. The summed E-state index contributed by atoms with van der Waals surface area (Å²) in [5.74, 6) is -1.63. The fraction of sp³-hybridized carbons (Fsp3) is 0.629. The lowest BCUT2D eigenvalue weighted by atomic mass is 9.39. The predicted molar refractivity (Wildman–Crippen MR) is 162 cm³/mol. The van der Waals surface area contributed by atoms with E-state index < -0.39 is 69.5 Å². The van der Waals surface area contributed by atoms with E-state index in [0.717, 1.165) is 24.8 Å². The molecular weight excluding hydrogens is 562 g/mol. The zero-order valence-corrected chi connectivity index (χ0v) is 26.2. The lowest BCUT2D eigenvalue weighted by Gasteiger charge is -2.65. The number of aliphatic hydroxyl groups excluding tert-OH is 2. The molecule has 1 aromatic carbocycles. The van der Waals surface area contributed by atoms with Gasteiger partial charge in [-0.05, 0) is 74.0 Å². The molecule has 9 heteroatoms. The zero-order chi connectivity index (χ0) is 32.7. The topological polar surface area (TPSA) is 178 Å². The summed E-state index contributed by atoms with van der Waals surface area (Å²) in [6, 6.07) is 1.76. The Bertz CT molecular complexity index is 1510. The van der Waals surface area contributed by atoms with Crippen LogP contribution in [0.2, 0.25) is 0 Å². The van der Waals surface area contributed by atoms with Gasteiger partial charge in [0.2, 0.25) is 5.91 Å². The maximum Gasteiger partial charge on any atom is 0.230 e. The molecule has 3 fully saturated rings. The molecular formula is C35H45NO8. The highest BCUT2D eigenvalue weighted by atomic mass is 16.4. The van der Waals surface area contributed by atoms with Crippen molar-refractivity contribution in [3.05, 3.63) is 40.5 Å². The summed E-state index contributed by atoms with van der Waals surface area (Å²) in [5, 5.41) is 58.0. The van der Waals surface area contributed by atoms with E-state index in [9.17, 15) is 39.9 Å². The molecule has 0 radical (unpaired) electrons. The first-order valence-corrected chi connectivity index (χ1v) is 15.6. The van der Waals surface area contributed by atoms with Gasteiger partial charge in [0.1, 0.15) is 23.4 Å². The minimum atomic E-state index is -2.62. The van der Waals surface area contributed by atoms with E-state index in [4.69, 9.17) is 5.73 Å². The number of aromatic hydroxyl groups is 1. The number of phenols is 1. The zero-order valence-electron chi connectivity index (χ0n) is 26.2. The maximum absolute atomic E-state index is 14.5. The molecule has 1 amide bonds. The van der Waals surface area contributed by atoms with E-state index in [-0.39, 0.29) is 35.6 Å². The molecule has 0 bridgehead atoms. The Morgan fingerprint density at radius 3 is 2.27 bits per heavy atom. The molecule has 5 rings (SSSR count). The smallest absolute Gasteiger partial charge is 0.230 e. The first kappa shape index (κ1) is 32.4. The van der Waals surface area contributed by atoms with Crippen LogP contribution in [-0.4, -0.2) is 66.4 Å². The van der Waals surface area contributed by atoms with Crippen molar-refractivity contribution in [3.63, 3.8) is 0 Å². The SMILES string of the molecule is C=C(C)[C@H]1C(O)C(C(N)=O)C(=O)[C@]2(O)C(O)C3C(=O)c4c(O)c(C#CC5(O)CCCCC5)cc(C(C)C)c4C[C@]3(C)C[C@]12C. The first-order valence-electron chi connectivity index (χ1n) is 15.6. The number of rotatable bonds is 3. The summed E-state index contributed by atoms with van der Waals surface area (Å²) < 4.78 is 0. The van der Waals surface area contributed by atoms with Crippen LogP contribution in [0.3, 0.4) is 0 Å². The first-order chi connectivity index (χ1) is 20.3. The standard InChI is InChI=1S/C35H45NO8/c1-17(2)20-14-19(10-13-34(43)11-8-7-9-12-34)26(37)22-21(20)15-32(5)16-33(6)24(18(3)4)28(39)23(31(36)42)29(40)35(33,44)30(41)25(32)27(22)38/h14,17,23-25,28,30,37,39,41,43-44H,3,7-9,11-12,15-16H2,1-2,4-6H3,(H2,36,42)/t23?,24-,25?,28?,30?,32+,33+,35-/m0/s1. The van der Waals surface area contributed by atoms with Gasteiger partial charge in [-0.2, -0.15) is 0 Å². The van der Waals surface area contributed by atoms with Crippen molar-refractivity contribution in [2.24, 2.45) is 34.3 Å². The number of ketones is 2. The molecule has 0 aromatic heterocycles. The highest BCUT2D eigenvalue weighted by Gasteiger charge is 2.75. The molecule has 3 saturated carbocycles. The Morgan fingerprint density at radius 1 is 1.11 bits per heavy atom. The van der Waals surface area contributed by atoms with Crippen LogP contribution in [0.5, 0.6) is 5.75 Å². The van der Waals surface area contributed by atoms with Crippen molar-refractivity contribution < 1.29 is 39.9 Å². The van der Waals surface area contributed by atoms with Gasteiger partial charge >= 0.3 is 0 Å². The summed E-state index contributed by atoms with van der Waals surface area (Å²) in [6.07, 6.45) is 0.452. The van der Waals surface area contributed by atoms with Crippen molar-refractivity contribution in [1.82, 2.24) is 0 Å². The number of carbonyl (C=O) groups is 3. The van der Waals surface area contributed by atoms with E-state index in [1.54, 1.807) is 19.9 Å². The van der Waals surface area contributed by atoms with Crippen molar-refractivity contribution in [3.8, 4) is 17.6 Å². The minimum Gasteiger partial charge on any atom is -0.506 e. The highest BCUT2D eigenvalue weighted by Crippen LogP contribution is 2.65. The van der Waals surface area contributed by atoms with Gasteiger partial charge in [-0.25, -0.2) is 0 Å². The predicted octanol–water partition coefficient (Wildman–Crippen LogP) is 2.66. The summed E-state index contributed by atoms with van der Waals surface area (Å²) in [5.41, 5.74) is 1.16. The molecule has 4 unspecified atom stereocenters. The van der Waals surface area contributed by atoms with E-state index in [0.29, 0.717) is 24.0 Å². The number of phenolic OH excluding ortho intramolecular Hbond substituents is 1. The average Bonchev–Trinajstić information content (AvgIpc) is 2.90. The molecule has 0 saturated heterocycles. The third-order valence-corrected chi connectivity index (χ3v) is 11.3. The number of amides is 1. The summed E-state index contributed by atoms with van der Waals surface area (Å²) in [4.78, 5) is 40.8. The van der Waals surface area contributed by atoms with Crippen LogP contribution >= 0.6 is 0 Å². The third kappa shape index (κ3) is 4.40. The monoisotopic (exact) mass is 607 g/mol. The lowest BCUT2D eigenvalue weighted by molar-refractivity contribution is -0.255. The fourth-order valence-electron chi connectivity index (χ4n) is 9.35. The highest BCUT2D eigenvalue weighted by molar-refractivity contribution is 6.09. The molecule has 7 N–H and O–H groups in total. The van der Waals surface area contributed by atoms with Crippen LogP contribution in [0, 0.1) is 40.4 Å². The Hall–Kier alpha value is -3.03. The Kier molecular flexibility index (Phi) is 7.74. The van der Waals surface area contributed by atoms with Gasteiger partial charge in [0.15, 0.2) is 17.2 Å². The van der Waals surface area contributed by atoms with E-state index in [1.165, 1.54) is 0 Å². The van der Waals surface area contributed by atoms with Crippen LogP contribution in [0.4, 0.5) is 0 Å². The quantitative estimate of drug-likeness (QED) is 0.172. The van der Waals surface area contributed by atoms with Gasteiger partial charge in [0.05, 0.1) is 23.1 Å². The molecule has 0 aliphatic heterocycles. The molecule has 0 spiro atoms. The Morgan fingerprint density at radius 2 is 1.73 bits per heavy atom. The van der Waals surface area contributed by atoms with Crippen molar-refractivity contribution in [1.29, 1.82) is 0 Å². The van der Waals surface area contributed by atoms with Crippen LogP contribution < -0.4 is 5.73 Å².